The summed E-state index contributed by atoms with van der Waals surface area (Å²) in [5.41, 5.74) is 3.50. The van der Waals surface area contributed by atoms with Gasteiger partial charge in [0.15, 0.2) is 5.65 Å². The van der Waals surface area contributed by atoms with Gasteiger partial charge in [0.2, 0.25) is 0 Å². The predicted molar refractivity (Wildman–Crippen MR) is 125 cm³/mol. The van der Waals surface area contributed by atoms with E-state index in [1.807, 2.05) is 25.4 Å². The Bertz CT molecular complexity index is 1430. The molecule has 0 unspecified atom stereocenters. The molecule has 1 amide bonds. The highest BCUT2D eigenvalue weighted by Crippen LogP contribution is 2.55. The van der Waals surface area contributed by atoms with Gasteiger partial charge >= 0.3 is 0 Å². The summed E-state index contributed by atoms with van der Waals surface area (Å²) < 4.78 is 9.50. The van der Waals surface area contributed by atoms with Crippen LogP contribution >= 0.6 is 0 Å². The van der Waals surface area contributed by atoms with Crippen molar-refractivity contribution in [3.63, 3.8) is 0 Å². The van der Waals surface area contributed by atoms with Crippen LogP contribution in [0.4, 0.5) is 5.82 Å². The number of aromatic nitrogens is 5. The summed E-state index contributed by atoms with van der Waals surface area (Å²) in [5, 5.41) is 21.4. The Kier molecular flexibility index (Phi) is 4.25. The molecule has 4 aromatic heterocycles. The predicted octanol–water partition coefficient (Wildman–Crippen LogP) is 1.86. The van der Waals surface area contributed by atoms with E-state index in [9.17, 15) is 9.90 Å². The van der Waals surface area contributed by atoms with E-state index in [1.54, 1.807) is 4.52 Å². The van der Waals surface area contributed by atoms with Crippen molar-refractivity contribution in [3.05, 3.63) is 42.4 Å². The van der Waals surface area contributed by atoms with Gasteiger partial charge in [-0.25, -0.2) is 9.97 Å². The van der Waals surface area contributed by atoms with Gasteiger partial charge in [-0.15, -0.1) is 0 Å². The van der Waals surface area contributed by atoms with Crippen LogP contribution in [-0.2, 0) is 4.74 Å². The van der Waals surface area contributed by atoms with Crippen molar-refractivity contribution in [2.75, 3.05) is 25.6 Å². The Morgan fingerprint density at radius 3 is 2.82 bits per heavy atom. The van der Waals surface area contributed by atoms with Gasteiger partial charge in [-0.1, -0.05) is 0 Å². The number of anilines is 1. The van der Waals surface area contributed by atoms with Crippen LogP contribution in [0.25, 0.3) is 27.9 Å². The summed E-state index contributed by atoms with van der Waals surface area (Å²) >= 11 is 0. The highest BCUT2D eigenvalue weighted by atomic mass is 16.5. The summed E-state index contributed by atoms with van der Waals surface area (Å²) in [4.78, 5) is 22.6. The lowest BCUT2D eigenvalue weighted by Gasteiger charge is -2.32. The molecule has 174 valence electrons. The number of pyridine rings is 1. The van der Waals surface area contributed by atoms with Crippen molar-refractivity contribution in [2.45, 2.75) is 31.0 Å². The zero-order valence-electron chi connectivity index (χ0n) is 18.7. The van der Waals surface area contributed by atoms with E-state index in [1.165, 1.54) is 6.20 Å². The molecule has 3 aliphatic rings. The first kappa shape index (κ1) is 19.9. The molecule has 10 nitrogen and oxygen atoms in total. The average molecular weight is 460 g/mol. The number of nitrogens with one attached hydrogen (secondary N) is 2. The SMILES string of the molecule is CNc1cc(-c2cn([C@H]3[C@@H]4COC[C@@H]43)c3ncccc23)nc2c(C(=O)N[C@H]3CC[C@@H]3O)cnn12. The lowest BCUT2D eigenvalue weighted by atomic mass is 9.89. The molecule has 5 heterocycles. The minimum Gasteiger partial charge on any atom is -0.391 e. The van der Waals surface area contributed by atoms with Crippen LogP contribution in [0, 0.1) is 11.8 Å². The molecule has 1 aliphatic heterocycles. The fourth-order valence-electron chi connectivity index (χ4n) is 5.47. The van der Waals surface area contributed by atoms with Gasteiger partial charge in [0, 0.05) is 54.3 Å². The lowest BCUT2D eigenvalue weighted by Crippen LogP contribution is -2.50. The number of hydrogen-bond donors (Lipinski definition) is 3. The fourth-order valence-corrected chi connectivity index (χ4v) is 5.47. The number of fused-ring (bicyclic) bond motifs is 3. The number of nitrogens with zero attached hydrogens (tertiary/aromatic N) is 5. The minimum atomic E-state index is -0.492. The summed E-state index contributed by atoms with van der Waals surface area (Å²) in [6, 6.07) is 6.13. The highest BCUT2D eigenvalue weighted by Gasteiger charge is 2.55. The molecule has 10 heteroatoms. The summed E-state index contributed by atoms with van der Waals surface area (Å²) in [6.45, 7) is 1.60. The number of aliphatic hydroxyl groups is 1. The maximum absolute atomic E-state index is 13.0. The summed E-state index contributed by atoms with van der Waals surface area (Å²) in [6.07, 6.45) is 6.48. The second-order valence-corrected chi connectivity index (χ2v) is 9.48. The normalized spacial score (nSPS) is 27.5. The zero-order chi connectivity index (χ0) is 23.0. The number of aliphatic hydroxyl groups excluding tert-OH is 1. The zero-order valence-corrected chi connectivity index (χ0v) is 18.7. The molecule has 0 radical (unpaired) electrons. The van der Waals surface area contributed by atoms with Crippen molar-refractivity contribution in [1.29, 1.82) is 0 Å². The second-order valence-electron chi connectivity index (χ2n) is 9.48. The third kappa shape index (κ3) is 2.82. The van der Waals surface area contributed by atoms with Crippen LogP contribution in [0.1, 0.15) is 29.2 Å². The van der Waals surface area contributed by atoms with Crippen molar-refractivity contribution in [3.8, 4) is 11.3 Å². The maximum atomic E-state index is 13.0. The first-order valence-electron chi connectivity index (χ1n) is 11.7. The molecule has 7 rings (SSSR count). The molecular weight excluding hydrogens is 434 g/mol. The van der Waals surface area contributed by atoms with Gasteiger partial charge < -0.3 is 25.0 Å². The van der Waals surface area contributed by atoms with Crippen LogP contribution in [0.5, 0.6) is 0 Å². The van der Waals surface area contributed by atoms with Crippen molar-refractivity contribution in [2.24, 2.45) is 11.8 Å². The topological polar surface area (TPSA) is 119 Å². The third-order valence-electron chi connectivity index (χ3n) is 7.62. The van der Waals surface area contributed by atoms with E-state index in [0.29, 0.717) is 35.5 Å². The van der Waals surface area contributed by atoms with E-state index < -0.39 is 6.10 Å². The van der Waals surface area contributed by atoms with Gasteiger partial charge in [-0.05, 0) is 25.0 Å². The van der Waals surface area contributed by atoms with Crippen molar-refractivity contribution < 1.29 is 14.6 Å². The Hall–Kier alpha value is -3.50. The largest absolute Gasteiger partial charge is 0.391 e. The Balaban J connectivity index is 1.34. The molecule has 1 saturated heterocycles. The first-order valence-corrected chi connectivity index (χ1v) is 11.7. The second kappa shape index (κ2) is 7.25. The molecule has 3 N–H and O–H groups in total. The number of ether oxygens (including phenoxy) is 1. The Morgan fingerprint density at radius 2 is 2.09 bits per heavy atom. The van der Waals surface area contributed by atoms with Crippen LogP contribution < -0.4 is 10.6 Å². The van der Waals surface area contributed by atoms with Gasteiger partial charge in [-0.2, -0.15) is 9.61 Å². The number of amides is 1. The van der Waals surface area contributed by atoms with Gasteiger partial charge in [-0.3, -0.25) is 4.79 Å². The molecule has 5 atom stereocenters. The smallest absolute Gasteiger partial charge is 0.257 e. The third-order valence-corrected chi connectivity index (χ3v) is 7.62. The monoisotopic (exact) mass is 459 g/mol. The highest BCUT2D eigenvalue weighted by molar-refractivity contribution is 6.01. The van der Waals surface area contributed by atoms with E-state index in [-0.39, 0.29) is 11.9 Å². The number of carbonyl (C=O) groups excluding carboxylic acids is 1. The lowest BCUT2D eigenvalue weighted by molar-refractivity contribution is 0.0448. The van der Waals surface area contributed by atoms with E-state index in [2.05, 4.69) is 37.5 Å². The minimum absolute atomic E-state index is 0.222. The molecule has 4 aromatic rings. The van der Waals surface area contributed by atoms with E-state index in [0.717, 1.165) is 47.7 Å². The van der Waals surface area contributed by atoms with Crippen molar-refractivity contribution in [1.82, 2.24) is 29.5 Å². The van der Waals surface area contributed by atoms with Crippen LogP contribution in [0.15, 0.2) is 36.8 Å². The Morgan fingerprint density at radius 1 is 1.24 bits per heavy atom. The molecule has 3 fully saturated rings. The summed E-state index contributed by atoms with van der Waals surface area (Å²) in [5.74, 6) is 1.53. The quantitative estimate of drug-likeness (QED) is 0.417. The first-order chi connectivity index (χ1) is 16.6. The van der Waals surface area contributed by atoms with Crippen molar-refractivity contribution >= 4 is 28.4 Å². The fraction of sp³-hybridized carbons (Fsp3) is 0.417. The molecule has 34 heavy (non-hydrogen) atoms. The van der Waals surface area contributed by atoms with Crippen LogP contribution in [0.2, 0.25) is 0 Å². The number of hydrogen-bond acceptors (Lipinski definition) is 7. The molecule has 0 aromatic carbocycles. The van der Waals surface area contributed by atoms with Crippen LogP contribution in [0.3, 0.4) is 0 Å². The van der Waals surface area contributed by atoms with Gasteiger partial charge in [0.25, 0.3) is 5.91 Å². The standard InChI is InChI=1S/C24H25N7O3/c1-25-20-7-18(28-23-13(8-27-31(20)23)24(33)29-17-4-5-19(17)32)14-9-30(21-15-10-34-11-16(15)21)22-12(14)3-2-6-26-22/h2-3,6-9,15-17,19,21,25,32H,4-5,10-11H2,1H3,(H,29,33)/t15-,16+,17-,19-,21+/m0/s1. The van der Waals surface area contributed by atoms with Crippen LogP contribution in [-0.4, -0.2) is 67.6 Å². The van der Waals surface area contributed by atoms with Gasteiger partial charge in [0.05, 0.1) is 37.3 Å². The van der Waals surface area contributed by atoms with Gasteiger partial charge in [0.1, 0.15) is 17.0 Å². The summed E-state index contributed by atoms with van der Waals surface area (Å²) in [7, 11) is 1.82. The molecule has 0 spiro atoms. The number of rotatable bonds is 5. The number of carbonyl (C=O) groups is 1. The molecule has 2 aliphatic carbocycles. The van der Waals surface area contributed by atoms with E-state index in [4.69, 9.17) is 9.72 Å². The Labute approximate surface area is 195 Å². The molecule has 0 bridgehead atoms. The maximum Gasteiger partial charge on any atom is 0.257 e. The average Bonchev–Trinajstić information content (AvgIpc) is 3.28. The molecular formula is C24H25N7O3. The van der Waals surface area contributed by atoms with E-state index >= 15 is 0 Å². The molecule has 2 saturated carbocycles.